The molecule has 0 atom stereocenters. The van der Waals surface area contributed by atoms with Crippen molar-refractivity contribution < 1.29 is 22.7 Å². The number of anilines is 1. The molecule has 0 aliphatic carbocycles. The molecule has 0 fully saturated rings. The first-order chi connectivity index (χ1) is 15.7. The molecule has 3 aromatic carbocycles. The molecule has 0 N–H and O–H groups in total. The Morgan fingerprint density at radius 1 is 0.970 bits per heavy atom. The van der Waals surface area contributed by atoms with Gasteiger partial charge in [0.15, 0.2) is 6.61 Å². The molecule has 0 unspecified atom stereocenters. The van der Waals surface area contributed by atoms with E-state index in [2.05, 4.69) is 6.58 Å². The number of aryl methyl sites for hydroxylation is 2. The molecule has 7 heteroatoms. The Morgan fingerprint density at radius 2 is 1.70 bits per heavy atom. The van der Waals surface area contributed by atoms with Crippen LogP contribution in [0.5, 0.6) is 0 Å². The molecule has 0 aliphatic heterocycles. The minimum atomic E-state index is -3.97. The zero-order chi connectivity index (χ0) is 24.0. The van der Waals surface area contributed by atoms with Crippen molar-refractivity contribution in [2.75, 3.05) is 17.5 Å². The first-order valence-corrected chi connectivity index (χ1v) is 11.7. The van der Waals surface area contributed by atoms with Gasteiger partial charge < -0.3 is 4.74 Å². The van der Waals surface area contributed by atoms with Gasteiger partial charge in [0.2, 0.25) is 5.78 Å². The summed E-state index contributed by atoms with van der Waals surface area (Å²) in [6.45, 7) is 6.95. The highest BCUT2D eigenvalue weighted by Crippen LogP contribution is 2.24. The number of nitrogens with zero attached hydrogens (tertiary/aromatic N) is 1. The summed E-state index contributed by atoms with van der Waals surface area (Å²) in [6, 6.07) is 19.7. The summed E-state index contributed by atoms with van der Waals surface area (Å²) in [5.74, 6) is -1.10. The van der Waals surface area contributed by atoms with Crippen LogP contribution in [-0.2, 0) is 14.8 Å². The van der Waals surface area contributed by atoms with Gasteiger partial charge in [-0.3, -0.25) is 9.10 Å². The van der Waals surface area contributed by atoms with Gasteiger partial charge in [-0.25, -0.2) is 13.2 Å². The van der Waals surface area contributed by atoms with E-state index in [1.807, 2.05) is 26.0 Å². The molecule has 0 aromatic heterocycles. The molecule has 0 amide bonds. The molecule has 3 rings (SSSR count). The number of hydrogen-bond donors (Lipinski definition) is 0. The topological polar surface area (TPSA) is 80.8 Å². The summed E-state index contributed by atoms with van der Waals surface area (Å²) < 4.78 is 33.0. The molecule has 0 bridgehead atoms. The number of carbonyl (C=O) groups is 2. The number of rotatable bonds is 9. The Bertz CT molecular complexity index is 1280. The number of carbonyl (C=O) groups excluding carboxylic acids is 2. The van der Waals surface area contributed by atoms with Crippen LogP contribution in [0.25, 0.3) is 0 Å². The van der Waals surface area contributed by atoms with Gasteiger partial charge in [-0.05, 0) is 55.8 Å². The smallest absolute Gasteiger partial charge is 0.338 e. The number of sulfonamides is 1. The standard InChI is InChI=1S/C26H25NO5S/c1-4-15-27(22-10-6-5-7-11-22)33(30,31)23-12-8-9-21(17-23)26(29)32-18-25(28)24-16-19(2)13-14-20(24)3/h4-14,16-17H,1,15,18H2,2-3H3. The predicted octanol–water partition coefficient (Wildman–Crippen LogP) is 4.72. The highest BCUT2D eigenvalue weighted by atomic mass is 32.2. The predicted molar refractivity (Wildman–Crippen MR) is 128 cm³/mol. The van der Waals surface area contributed by atoms with E-state index in [1.165, 1.54) is 34.6 Å². The Morgan fingerprint density at radius 3 is 2.39 bits per heavy atom. The van der Waals surface area contributed by atoms with E-state index in [4.69, 9.17) is 4.74 Å². The van der Waals surface area contributed by atoms with Crippen molar-refractivity contribution in [1.29, 1.82) is 0 Å². The number of ketones is 1. The van der Waals surface area contributed by atoms with Crippen LogP contribution in [0, 0.1) is 13.8 Å². The number of ether oxygens (including phenoxy) is 1. The first kappa shape index (κ1) is 23.9. The third-order valence-electron chi connectivity index (χ3n) is 5.02. The van der Waals surface area contributed by atoms with Crippen LogP contribution >= 0.6 is 0 Å². The summed E-state index contributed by atoms with van der Waals surface area (Å²) >= 11 is 0. The lowest BCUT2D eigenvalue weighted by Crippen LogP contribution is -2.31. The van der Waals surface area contributed by atoms with Crippen molar-refractivity contribution >= 4 is 27.5 Å². The van der Waals surface area contributed by atoms with Crippen LogP contribution in [0.4, 0.5) is 5.69 Å². The molecule has 170 valence electrons. The Labute approximate surface area is 194 Å². The Balaban J connectivity index is 1.80. The Hall–Kier alpha value is -3.71. The zero-order valence-corrected chi connectivity index (χ0v) is 19.3. The molecule has 33 heavy (non-hydrogen) atoms. The van der Waals surface area contributed by atoms with Gasteiger partial charge in [-0.2, -0.15) is 0 Å². The highest BCUT2D eigenvalue weighted by Gasteiger charge is 2.25. The maximum Gasteiger partial charge on any atom is 0.338 e. The number of esters is 1. The molecule has 0 saturated carbocycles. The van der Waals surface area contributed by atoms with E-state index < -0.39 is 22.6 Å². The SMILES string of the molecule is C=CCN(c1ccccc1)S(=O)(=O)c1cccc(C(=O)OCC(=O)c2cc(C)ccc2C)c1. The van der Waals surface area contributed by atoms with Gasteiger partial charge in [-0.1, -0.05) is 48.0 Å². The van der Waals surface area contributed by atoms with E-state index in [0.29, 0.717) is 11.3 Å². The van der Waals surface area contributed by atoms with Crippen molar-refractivity contribution in [3.63, 3.8) is 0 Å². The summed E-state index contributed by atoms with van der Waals surface area (Å²) in [5, 5.41) is 0. The maximum absolute atomic E-state index is 13.3. The lowest BCUT2D eigenvalue weighted by Gasteiger charge is -2.23. The molecule has 3 aromatic rings. The minimum absolute atomic E-state index is 0.0384. The van der Waals surface area contributed by atoms with Crippen LogP contribution in [0.1, 0.15) is 31.8 Å². The van der Waals surface area contributed by atoms with E-state index in [9.17, 15) is 18.0 Å². The van der Waals surface area contributed by atoms with Gasteiger partial charge in [0.05, 0.1) is 22.7 Å². The molecule has 0 radical (unpaired) electrons. The van der Waals surface area contributed by atoms with E-state index in [1.54, 1.807) is 36.4 Å². The fourth-order valence-electron chi connectivity index (χ4n) is 3.29. The lowest BCUT2D eigenvalue weighted by atomic mass is 10.0. The number of benzene rings is 3. The average Bonchev–Trinajstić information content (AvgIpc) is 2.82. The van der Waals surface area contributed by atoms with Crippen LogP contribution in [0.3, 0.4) is 0 Å². The van der Waals surface area contributed by atoms with Gasteiger partial charge >= 0.3 is 5.97 Å². The largest absolute Gasteiger partial charge is 0.454 e. The molecule has 0 spiro atoms. The highest BCUT2D eigenvalue weighted by molar-refractivity contribution is 7.92. The monoisotopic (exact) mass is 463 g/mol. The zero-order valence-electron chi connectivity index (χ0n) is 18.5. The fraction of sp³-hybridized carbons (Fsp3) is 0.154. The van der Waals surface area contributed by atoms with Gasteiger partial charge in [0.25, 0.3) is 10.0 Å². The Kier molecular flexibility index (Phi) is 7.45. The summed E-state index contributed by atoms with van der Waals surface area (Å²) in [7, 11) is -3.97. The van der Waals surface area contributed by atoms with E-state index in [0.717, 1.165) is 11.1 Å². The van der Waals surface area contributed by atoms with Crippen molar-refractivity contribution in [2.24, 2.45) is 0 Å². The van der Waals surface area contributed by atoms with Gasteiger partial charge in [-0.15, -0.1) is 6.58 Å². The van der Waals surface area contributed by atoms with Crippen molar-refractivity contribution in [2.45, 2.75) is 18.7 Å². The van der Waals surface area contributed by atoms with Crippen LogP contribution in [0.15, 0.2) is 90.3 Å². The van der Waals surface area contributed by atoms with Crippen molar-refractivity contribution in [1.82, 2.24) is 0 Å². The summed E-state index contributed by atoms with van der Waals surface area (Å²) in [5.41, 5.74) is 2.72. The molecule has 0 saturated heterocycles. The normalized spacial score (nSPS) is 11.0. The summed E-state index contributed by atoms with van der Waals surface area (Å²) in [4.78, 5) is 25.0. The first-order valence-electron chi connectivity index (χ1n) is 10.3. The molecular formula is C26H25NO5S. The van der Waals surface area contributed by atoms with Crippen LogP contribution in [-0.4, -0.2) is 33.3 Å². The fourth-order valence-corrected chi connectivity index (χ4v) is 4.77. The number of hydrogen-bond acceptors (Lipinski definition) is 5. The quantitative estimate of drug-likeness (QED) is 0.260. The maximum atomic E-state index is 13.3. The number of Topliss-reactive ketones (excluding diaryl/α,β-unsaturated/α-hetero) is 1. The van der Waals surface area contributed by atoms with Crippen molar-refractivity contribution in [3.05, 3.63) is 108 Å². The molecular weight excluding hydrogens is 438 g/mol. The van der Waals surface area contributed by atoms with E-state index >= 15 is 0 Å². The minimum Gasteiger partial charge on any atom is -0.454 e. The third kappa shape index (κ3) is 5.56. The molecule has 0 heterocycles. The lowest BCUT2D eigenvalue weighted by molar-refractivity contribution is 0.0474. The summed E-state index contributed by atoms with van der Waals surface area (Å²) in [6.07, 6.45) is 1.49. The van der Waals surface area contributed by atoms with Gasteiger partial charge in [0.1, 0.15) is 0 Å². The van der Waals surface area contributed by atoms with Gasteiger partial charge in [0, 0.05) is 5.56 Å². The van der Waals surface area contributed by atoms with Crippen LogP contribution in [0.2, 0.25) is 0 Å². The third-order valence-corrected chi connectivity index (χ3v) is 6.81. The van der Waals surface area contributed by atoms with E-state index in [-0.39, 0.29) is 22.8 Å². The second-order valence-corrected chi connectivity index (χ2v) is 9.37. The number of para-hydroxylation sites is 1. The molecule has 0 aliphatic rings. The van der Waals surface area contributed by atoms with Crippen molar-refractivity contribution in [3.8, 4) is 0 Å². The van der Waals surface area contributed by atoms with Crippen LogP contribution < -0.4 is 4.31 Å². The average molecular weight is 464 g/mol. The second-order valence-electron chi connectivity index (χ2n) is 7.51. The molecule has 6 nitrogen and oxygen atoms in total. The second kappa shape index (κ2) is 10.3.